The maximum Gasteiger partial charge on any atom is 0.354 e. The van der Waals surface area contributed by atoms with E-state index in [-0.39, 0.29) is 17.9 Å². The lowest BCUT2D eigenvalue weighted by Gasteiger charge is -2.04. The molecule has 0 bridgehead atoms. The number of carbonyl (C=O) groups is 2. The van der Waals surface area contributed by atoms with Gasteiger partial charge in [-0.2, -0.15) is 5.10 Å². The van der Waals surface area contributed by atoms with E-state index >= 15 is 0 Å². The highest BCUT2D eigenvalue weighted by atomic mass is 16.6. The molecule has 2 rings (SSSR count). The van der Waals surface area contributed by atoms with Crippen LogP contribution in [-0.2, 0) is 11.3 Å². The van der Waals surface area contributed by atoms with Crippen molar-refractivity contribution in [3.05, 3.63) is 46.5 Å². The summed E-state index contributed by atoms with van der Waals surface area (Å²) in [5.74, 6) is -1.64. The molecule has 0 atom stereocenters. The Balaban J connectivity index is 1.97. The number of nitro groups is 1. The van der Waals surface area contributed by atoms with Crippen molar-refractivity contribution in [3.63, 3.8) is 0 Å². The molecule has 0 unspecified atom stereocenters. The van der Waals surface area contributed by atoms with E-state index in [1.807, 2.05) is 0 Å². The number of aromatic nitrogens is 3. The predicted octanol–water partition coefficient (Wildman–Crippen LogP) is 0.523. The number of hydrogen-bond acceptors (Lipinski definition) is 6. The number of nitrogens with one attached hydrogen (secondary N) is 1. The largest absolute Gasteiger partial charge is 0.477 e. The number of amides is 1. The first-order valence-electron chi connectivity index (χ1n) is 5.62. The summed E-state index contributed by atoms with van der Waals surface area (Å²) >= 11 is 0. The summed E-state index contributed by atoms with van der Waals surface area (Å²) in [5, 5.41) is 25.3. The molecule has 0 aromatic carbocycles. The van der Waals surface area contributed by atoms with Gasteiger partial charge in [-0.05, 0) is 12.1 Å². The maximum atomic E-state index is 11.7. The van der Waals surface area contributed by atoms with Gasteiger partial charge in [0, 0.05) is 0 Å². The Bertz CT molecular complexity index is 693. The predicted molar refractivity (Wildman–Crippen MR) is 68.7 cm³/mol. The van der Waals surface area contributed by atoms with Crippen LogP contribution in [-0.4, -0.2) is 36.7 Å². The number of hydrogen-bond donors (Lipinski definition) is 2. The van der Waals surface area contributed by atoms with E-state index in [4.69, 9.17) is 5.11 Å². The highest BCUT2D eigenvalue weighted by molar-refractivity contribution is 5.91. The van der Waals surface area contributed by atoms with E-state index in [9.17, 15) is 19.7 Å². The van der Waals surface area contributed by atoms with Crippen LogP contribution in [0.2, 0.25) is 0 Å². The van der Waals surface area contributed by atoms with Crippen LogP contribution >= 0.6 is 0 Å². The van der Waals surface area contributed by atoms with Gasteiger partial charge in [-0.25, -0.2) is 9.78 Å². The van der Waals surface area contributed by atoms with Crippen LogP contribution < -0.4 is 5.32 Å². The molecular formula is C11H9N5O5. The molecule has 0 fully saturated rings. The molecule has 1 amide bonds. The summed E-state index contributed by atoms with van der Waals surface area (Å²) < 4.78 is 1.12. The zero-order chi connectivity index (χ0) is 15.4. The zero-order valence-corrected chi connectivity index (χ0v) is 10.5. The van der Waals surface area contributed by atoms with Gasteiger partial charge in [0.2, 0.25) is 5.91 Å². The molecule has 0 aliphatic rings. The van der Waals surface area contributed by atoms with Crippen LogP contribution in [0.4, 0.5) is 11.4 Å². The second kappa shape index (κ2) is 5.77. The van der Waals surface area contributed by atoms with Gasteiger partial charge in [0.15, 0.2) is 0 Å². The molecule has 2 N–H and O–H groups in total. The first-order valence-corrected chi connectivity index (χ1v) is 5.62. The summed E-state index contributed by atoms with van der Waals surface area (Å²) in [4.78, 5) is 35.8. The molecule has 0 radical (unpaired) electrons. The molecule has 0 aliphatic carbocycles. The topological polar surface area (TPSA) is 140 Å². The molecule has 0 saturated carbocycles. The monoisotopic (exact) mass is 291 g/mol. The minimum absolute atomic E-state index is 0.143. The average molecular weight is 291 g/mol. The quantitative estimate of drug-likeness (QED) is 0.604. The molecule has 2 heterocycles. The summed E-state index contributed by atoms with van der Waals surface area (Å²) in [7, 11) is 0. The van der Waals surface area contributed by atoms with Gasteiger partial charge in [0.05, 0.1) is 16.8 Å². The van der Waals surface area contributed by atoms with Gasteiger partial charge in [-0.1, -0.05) is 0 Å². The zero-order valence-electron chi connectivity index (χ0n) is 10.5. The van der Waals surface area contributed by atoms with Crippen LogP contribution in [0.25, 0.3) is 0 Å². The van der Waals surface area contributed by atoms with Crippen molar-refractivity contribution in [1.29, 1.82) is 0 Å². The van der Waals surface area contributed by atoms with E-state index in [2.05, 4.69) is 15.4 Å². The molecule has 0 saturated heterocycles. The Kier molecular flexibility index (Phi) is 3.88. The fourth-order valence-electron chi connectivity index (χ4n) is 1.48. The molecule has 2 aromatic heterocycles. The first kappa shape index (κ1) is 14.1. The van der Waals surface area contributed by atoms with Crippen LogP contribution in [0.15, 0.2) is 30.7 Å². The second-order valence-electron chi connectivity index (χ2n) is 3.94. The standard InChI is InChI=1S/C11H9N5O5/c17-10(6-15-5-8(4-13-15)16(20)21)14-7-1-2-9(11(18)19)12-3-7/h1-5H,6H2,(H,14,17)(H,18,19). The smallest absolute Gasteiger partial charge is 0.354 e. The Morgan fingerprint density at radius 1 is 1.38 bits per heavy atom. The molecular weight excluding hydrogens is 282 g/mol. The third-order valence-corrected chi connectivity index (χ3v) is 2.40. The number of anilines is 1. The summed E-state index contributed by atoms with van der Waals surface area (Å²) in [6, 6.07) is 2.64. The molecule has 0 aliphatic heterocycles. The lowest BCUT2D eigenvalue weighted by atomic mass is 10.3. The van der Waals surface area contributed by atoms with E-state index in [0.717, 1.165) is 17.1 Å². The maximum absolute atomic E-state index is 11.7. The first-order chi connectivity index (χ1) is 9.95. The molecule has 108 valence electrons. The van der Waals surface area contributed by atoms with Crippen molar-refractivity contribution in [1.82, 2.24) is 14.8 Å². The summed E-state index contributed by atoms with van der Waals surface area (Å²) in [6.07, 6.45) is 3.37. The molecule has 10 nitrogen and oxygen atoms in total. The van der Waals surface area contributed by atoms with Crippen molar-refractivity contribution in [2.24, 2.45) is 0 Å². The highest BCUT2D eigenvalue weighted by Crippen LogP contribution is 2.09. The van der Waals surface area contributed by atoms with Gasteiger partial charge in [0.25, 0.3) is 0 Å². The van der Waals surface area contributed by atoms with Gasteiger partial charge in [-0.15, -0.1) is 0 Å². The normalized spacial score (nSPS) is 10.1. The lowest BCUT2D eigenvalue weighted by molar-refractivity contribution is -0.385. The summed E-state index contributed by atoms with van der Waals surface area (Å²) in [6.45, 7) is -0.214. The fraction of sp³-hybridized carbons (Fsp3) is 0.0909. The Morgan fingerprint density at radius 3 is 2.67 bits per heavy atom. The van der Waals surface area contributed by atoms with Crippen molar-refractivity contribution < 1.29 is 19.6 Å². The van der Waals surface area contributed by atoms with E-state index < -0.39 is 16.8 Å². The van der Waals surface area contributed by atoms with Gasteiger partial charge < -0.3 is 10.4 Å². The van der Waals surface area contributed by atoms with Crippen LogP contribution in [0.3, 0.4) is 0 Å². The lowest BCUT2D eigenvalue weighted by Crippen LogP contribution is -2.19. The number of carboxylic acid groups (broad SMARTS) is 1. The van der Waals surface area contributed by atoms with Gasteiger partial charge >= 0.3 is 11.7 Å². The Labute approximate surface area is 117 Å². The third-order valence-electron chi connectivity index (χ3n) is 2.40. The molecule has 2 aromatic rings. The number of rotatable bonds is 5. The number of carbonyl (C=O) groups excluding carboxylic acids is 1. The van der Waals surface area contributed by atoms with Gasteiger partial charge in [0.1, 0.15) is 24.6 Å². The van der Waals surface area contributed by atoms with Crippen molar-refractivity contribution in [2.75, 3.05) is 5.32 Å². The average Bonchev–Trinajstić information content (AvgIpc) is 2.87. The van der Waals surface area contributed by atoms with Crippen LogP contribution in [0.5, 0.6) is 0 Å². The van der Waals surface area contributed by atoms with Crippen LogP contribution in [0, 0.1) is 10.1 Å². The van der Waals surface area contributed by atoms with E-state index in [1.165, 1.54) is 18.3 Å². The minimum Gasteiger partial charge on any atom is -0.477 e. The number of aromatic carboxylic acids is 1. The highest BCUT2D eigenvalue weighted by Gasteiger charge is 2.11. The number of nitrogens with zero attached hydrogens (tertiary/aromatic N) is 4. The van der Waals surface area contributed by atoms with Crippen LogP contribution in [0.1, 0.15) is 10.5 Å². The molecule has 0 spiro atoms. The third kappa shape index (κ3) is 3.59. The second-order valence-corrected chi connectivity index (χ2v) is 3.94. The summed E-state index contributed by atoms with van der Waals surface area (Å²) in [5.41, 5.74) is -0.0439. The SMILES string of the molecule is O=C(Cn1cc([N+](=O)[O-])cn1)Nc1ccc(C(=O)O)nc1. The molecule has 10 heteroatoms. The molecule has 21 heavy (non-hydrogen) atoms. The Hall–Kier alpha value is -3.30. The Morgan fingerprint density at radius 2 is 2.14 bits per heavy atom. The minimum atomic E-state index is -1.17. The van der Waals surface area contributed by atoms with Crippen molar-refractivity contribution >= 4 is 23.3 Å². The fourth-order valence-corrected chi connectivity index (χ4v) is 1.48. The number of pyridine rings is 1. The number of carboxylic acids is 1. The van der Waals surface area contributed by atoms with Gasteiger partial charge in [-0.3, -0.25) is 19.6 Å². The van der Waals surface area contributed by atoms with E-state index in [0.29, 0.717) is 5.69 Å². The van der Waals surface area contributed by atoms with E-state index in [1.54, 1.807) is 0 Å². The van der Waals surface area contributed by atoms with Crippen molar-refractivity contribution in [2.45, 2.75) is 6.54 Å². The van der Waals surface area contributed by atoms with Crippen molar-refractivity contribution in [3.8, 4) is 0 Å².